The minimum absolute atomic E-state index is 0.0988. The van der Waals surface area contributed by atoms with Crippen LogP contribution in [0, 0.1) is 99.3 Å². The van der Waals surface area contributed by atoms with Gasteiger partial charge in [-0.3, -0.25) is 0 Å². The second-order valence-electron chi connectivity index (χ2n) is 12.0. The average molecular weight is 753 g/mol. The summed E-state index contributed by atoms with van der Waals surface area (Å²) in [5, 5.41) is -4.22. The summed E-state index contributed by atoms with van der Waals surface area (Å²) in [6, 6.07) is 12.0. The van der Waals surface area contributed by atoms with E-state index in [4.69, 9.17) is 0 Å². The second kappa shape index (κ2) is 12.9. The largest absolute Gasteiger partial charge is 0.205 e. The zero-order valence-electron chi connectivity index (χ0n) is 26.7. The molecule has 0 spiro atoms. The zero-order valence-corrected chi connectivity index (χ0v) is 26.7. The summed E-state index contributed by atoms with van der Waals surface area (Å²) in [7, 11) is 0. The van der Waals surface area contributed by atoms with E-state index in [1.807, 2.05) is 5.92 Å². The summed E-state index contributed by atoms with van der Waals surface area (Å²) in [6.07, 6.45) is 0. The molecule has 13 heteroatoms. The highest BCUT2D eigenvalue weighted by Gasteiger charge is 2.31. The predicted octanol–water partition coefficient (Wildman–Crippen LogP) is 11.9. The Morgan fingerprint density at radius 1 is 0.370 bits per heavy atom. The molecule has 0 N–H and O–H groups in total. The summed E-state index contributed by atoms with van der Waals surface area (Å²) in [5.41, 5.74) is -3.75. The molecule has 0 heterocycles. The standard InChI is InChI=1S/C41H13F13/c1-15(2)24-33(46)25-27(37(50)34(24)47)35(48)31(44)22(29(25)42)9-5-16-3-7-18-14-21-12-17(4-8-19(21)13-20(18)11-16)6-10-23-30(43)26-28(36(49)32(23)45)39(52)41(54)40(53)38(26)51/h3-4,7-8,11-14H,1H2,2H3. The Morgan fingerprint density at radius 3 is 1.13 bits per heavy atom. The van der Waals surface area contributed by atoms with Gasteiger partial charge in [0.1, 0.15) is 16.9 Å². The first kappa shape index (κ1) is 35.9. The molecule has 0 fully saturated rings. The van der Waals surface area contributed by atoms with Crippen LogP contribution >= 0.6 is 0 Å². The zero-order chi connectivity index (χ0) is 39.1. The lowest BCUT2D eigenvalue weighted by molar-refractivity contribution is 0.411. The molecule has 0 aliphatic heterocycles. The Balaban J connectivity index is 1.27. The van der Waals surface area contributed by atoms with Crippen LogP contribution in [0.2, 0.25) is 0 Å². The van der Waals surface area contributed by atoms with Crippen LogP contribution in [-0.4, -0.2) is 0 Å². The highest BCUT2D eigenvalue weighted by atomic mass is 19.2. The molecular formula is C41H13F13. The van der Waals surface area contributed by atoms with E-state index in [2.05, 4.69) is 24.3 Å². The summed E-state index contributed by atoms with van der Waals surface area (Å²) >= 11 is 0. The third-order valence-electron chi connectivity index (χ3n) is 8.62. The van der Waals surface area contributed by atoms with Crippen LogP contribution in [0.25, 0.3) is 48.7 Å². The van der Waals surface area contributed by atoms with Crippen molar-refractivity contribution < 1.29 is 57.1 Å². The Bertz CT molecular complexity index is 3010. The first-order valence-corrected chi connectivity index (χ1v) is 15.2. The molecule has 0 bridgehead atoms. The van der Waals surface area contributed by atoms with Crippen molar-refractivity contribution in [3.63, 3.8) is 0 Å². The van der Waals surface area contributed by atoms with Crippen LogP contribution in [0.4, 0.5) is 57.1 Å². The lowest BCUT2D eigenvalue weighted by atomic mass is 9.97. The van der Waals surface area contributed by atoms with E-state index in [9.17, 15) is 43.9 Å². The number of halogens is 13. The lowest BCUT2D eigenvalue weighted by Gasteiger charge is -2.13. The molecule has 0 aliphatic rings. The van der Waals surface area contributed by atoms with E-state index in [1.165, 1.54) is 36.4 Å². The van der Waals surface area contributed by atoms with Crippen molar-refractivity contribution in [2.75, 3.05) is 0 Å². The molecule has 0 nitrogen and oxygen atoms in total. The molecule has 0 amide bonds. The topological polar surface area (TPSA) is 0 Å². The molecule has 0 unspecified atom stereocenters. The predicted molar refractivity (Wildman–Crippen MR) is 175 cm³/mol. The lowest BCUT2D eigenvalue weighted by Crippen LogP contribution is -2.07. The van der Waals surface area contributed by atoms with Crippen LogP contribution in [0.5, 0.6) is 0 Å². The summed E-state index contributed by atoms with van der Waals surface area (Å²) < 4.78 is 190. The number of rotatable bonds is 1. The SMILES string of the molecule is C=C(C)c1c(F)c(F)c2c(F)c(F)c(C#Cc3ccc4cc5cc(C#Cc6c(F)c(F)c7c(F)c(F)c(F)c(F)c7c6F)ccc5cc4c3)c(F)c2c1F. The number of hydrogen-bond donors (Lipinski definition) is 0. The minimum Gasteiger partial charge on any atom is -0.205 e. The third kappa shape index (κ3) is 5.38. The van der Waals surface area contributed by atoms with E-state index < -0.39 is 114 Å². The molecule has 54 heavy (non-hydrogen) atoms. The van der Waals surface area contributed by atoms with Gasteiger partial charge in [0.25, 0.3) is 0 Å². The summed E-state index contributed by atoms with van der Waals surface area (Å²) in [6.45, 7) is 4.42. The Hall–Kier alpha value is -6.47. The van der Waals surface area contributed by atoms with Crippen LogP contribution < -0.4 is 0 Å². The average Bonchev–Trinajstić information content (AvgIpc) is 3.13. The van der Waals surface area contributed by atoms with Crippen LogP contribution in [0.3, 0.4) is 0 Å². The molecule has 7 aromatic rings. The molecular weight excluding hydrogens is 739 g/mol. The van der Waals surface area contributed by atoms with Gasteiger partial charge < -0.3 is 0 Å². The fraction of sp³-hybridized carbons (Fsp3) is 0.0244. The molecule has 0 saturated heterocycles. The van der Waals surface area contributed by atoms with Gasteiger partial charge in [0.2, 0.25) is 0 Å². The Kier molecular flexibility index (Phi) is 8.57. The van der Waals surface area contributed by atoms with Gasteiger partial charge in [-0.2, -0.15) is 0 Å². The van der Waals surface area contributed by atoms with Gasteiger partial charge in [-0.15, -0.1) is 0 Å². The van der Waals surface area contributed by atoms with Crippen molar-refractivity contribution in [2.24, 2.45) is 0 Å². The molecule has 0 radical (unpaired) electrons. The molecule has 0 aliphatic carbocycles. The molecule has 0 saturated carbocycles. The van der Waals surface area contributed by atoms with Crippen molar-refractivity contribution in [3.05, 3.63) is 159 Å². The molecule has 7 rings (SSSR count). The van der Waals surface area contributed by atoms with E-state index in [-0.39, 0.29) is 16.7 Å². The smallest absolute Gasteiger partial charge is 0.198 e. The molecule has 0 aromatic heterocycles. The van der Waals surface area contributed by atoms with Gasteiger partial charge in [0, 0.05) is 11.1 Å². The van der Waals surface area contributed by atoms with Gasteiger partial charge in [0.15, 0.2) is 69.8 Å². The summed E-state index contributed by atoms with van der Waals surface area (Å²) in [5.74, 6) is -18.1. The van der Waals surface area contributed by atoms with Gasteiger partial charge in [0.05, 0.1) is 27.1 Å². The van der Waals surface area contributed by atoms with E-state index >= 15 is 13.2 Å². The van der Waals surface area contributed by atoms with Crippen LogP contribution in [0.1, 0.15) is 34.7 Å². The van der Waals surface area contributed by atoms with Crippen molar-refractivity contribution in [1.82, 2.24) is 0 Å². The maximum atomic E-state index is 15.4. The highest BCUT2D eigenvalue weighted by Crippen LogP contribution is 2.37. The van der Waals surface area contributed by atoms with Crippen LogP contribution in [0.15, 0.2) is 55.1 Å². The van der Waals surface area contributed by atoms with E-state index in [0.717, 1.165) is 6.92 Å². The van der Waals surface area contributed by atoms with Crippen molar-refractivity contribution >= 4 is 48.7 Å². The maximum Gasteiger partial charge on any atom is 0.198 e. The first-order valence-electron chi connectivity index (χ1n) is 15.2. The fourth-order valence-corrected chi connectivity index (χ4v) is 6.01. The number of benzene rings is 7. The molecule has 0 atom stereocenters. The normalized spacial score (nSPS) is 11.3. The maximum absolute atomic E-state index is 15.4. The third-order valence-corrected chi connectivity index (χ3v) is 8.62. The molecule has 268 valence electrons. The minimum atomic E-state index is -2.46. The number of allylic oxidation sites excluding steroid dienone is 1. The van der Waals surface area contributed by atoms with Crippen molar-refractivity contribution in [1.29, 1.82) is 0 Å². The van der Waals surface area contributed by atoms with Crippen LogP contribution in [-0.2, 0) is 0 Å². The highest BCUT2D eigenvalue weighted by molar-refractivity contribution is 5.99. The fourth-order valence-electron chi connectivity index (χ4n) is 6.01. The van der Waals surface area contributed by atoms with Gasteiger partial charge in [-0.05, 0) is 70.4 Å². The van der Waals surface area contributed by atoms with Crippen molar-refractivity contribution in [3.8, 4) is 23.7 Å². The van der Waals surface area contributed by atoms with Gasteiger partial charge in [-0.1, -0.05) is 42.4 Å². The Morgan fingerprint density at radius 2 is 0.722 bits per heavy atom. The quantitative estimate of drug-likeness (QED) is 0.0515. The van der Waals surface area contributed by atoms with Gasteiger partial charge in [-0.25, -0.2) is 57.1 Å². The van der Waals surface area contributed by atoms with E-state index in [0.29, 0.717) is 21.5 Å². The second-order valence-corrected chi connectivity index (χ2v) is 12.0. The summed E-state index contributed by atoms with van der Waals surface area (Å²) in [4.78, 5) is 0. The van der Waals surface area contributed by atoms with E-state index in [1.54, 1.807) is 12.1 Å². The Labute approximate surface area is 294 Å². The monoisotopic (exact) mass is 752 g/mol. The number of hydrogen-bond acceptors (Lipinski definition) is 0. The van der Waals surface area contributed by atoms with Gasteiger partial charge >= 0.3 is 0 Å². The number of fused-ring (bicyclic) bond motifs is 4. The first-order chi connectivity index (χ1) is 25.5. The van der Waals surface area contributed by atoms with Crippen molar-refractivity contribution in [2.45, 2.75) is 6.92 Å². The molecule has 7 aromatic carbocycles.